The van der Waals surface area contributed by atoms with Crippen LogP contribution in [0.5, 0.6) is 0 Å². The Kier molecular flexibility index (Phi) is 6.09. The third kappa shape index (κ3) is 4.31. The van der Waals surface area contributed by atoms with Crippen molar-refractivity contribution in [2.45, 2.75) is 19.9 Å². The number of benzene rings is 2. The lowest BCUT2D eigenvalue weighted by atomic mass is 9.98. The molecule has 0 unspecified atom stereocenters. The fourth-order valence-corrected chi connectivity index (χ4v) is 5.40. The van der Waals surface area contributed by atoms with E-state index in [1.807, 2.05) is 0 Å². The molecular formula is C26H17Cl2FN2O3S. The molecule has 0 amide bonds. The van der Waals surface area contributed by atoms with Gasteiger partial charge in [-0.3, -0.25) is 14.2 Å². The summed E-state index contributed by atoms with van der Waals surface area (Å²) in [5.41, 5.74) is 1.96. The van der Waals surface area contributed by atoms with Gasteiger partial charge < -0.3 is 4.42 Å². The van der Waals surface area contributed by atoms with Crippen molar-refractivity contribution in [3.05, 3.63) is 113 Å². The Balaban J connectivity index is 1.68. The van der Waals surface area contributed by atoms with Crippen molar-refractivity contribution in [1.82, 2.24) is 4.57 Å². The molecule has 3 heterocycles. The fraction of sp³-hybridized carbons (Fsp3) is 0.115. The maximum absolute atomic E-state index is 13.5. The van der Waals surface area contributed by atoms with Crippen LogP contribution in [0, 0.1) is 5.82 Å². The number of hydrogen-bond acceptors (Lipinski definition) is 5. The highest BCUT2D eigenvalue weighted by Gasteiger charge is 2.33. The van der Waals surface area contributed by atoms with E-state index >= 15 is 0 Å². The molecule has 176 valence electrons. The van der Waals surface area contributed by atoms with Crippen LogP contribution in [0.3, 0.4) is 0 Å². The molecule has 0 spiro atoms. The molecule has 0 saturated heterocycles. The number of fused-ring (bicyclic) bond motifs is 1. The Morgan fingerprint density at radius 2 is 1.86 bits per heavy atom. The van der Waals surface area contributed by atoms with Crippen molar-refractivity contribution >= 4 is 46.4 Å². The summed E-state index contributed by atoms with van der Waals surface area (Å²) in [6.07, 6.45) is 1.68. The second kappa shape index (κ2) is 9.07. The van der Waals surface area contributed by atoms with E-state index in [1.54, 1.807) is 55.5 Å². The Morgan fingerprint density at radius 1 is 1.11 bits per heavy atom. The number of aromatic nitrogens is 1. The summed E-state index contributed by atoms with van der Waals surface area (Å²) in [5, 5.41) is 0.809. The number of allylic oxidation sites excluding steroid dienone is 2. The average Bonchev–Trinajstić information content (AvgIpc) is 3.41. The van der Waals surface area contributed by atoms with Gasteiger partial charge in [-0.15, -0.1) is 0 Å². The van der Waals surface area contributed by atoms with Crippen LogP contribution in [0.2, 0.25) is 10.0 Å². The highest BCUT2D eigenvalue weighted by molar-refractivity contribution is 7.07. The van der Waals surface area contributed by atoms with Crippen LogP contribution in [0.15, 0.2) is 80.1 Å². The third-order valence-corrected chi connectivity index (χ3v) is 7.39. The van der Waals surface area contributed by atoms with E-state index in [9.17, 15) is 14.0 Å². The fourth-order valence-electron chi connectivity index (χ4n) is 4.05. The molecule has 4 aromatic rings. The maximum atomic E-state index is 13.5. The first-order chi connectivity index (χ1) is 16.7. The first-order valence-electron chi connectivity index (χ1n) is 10.6. The van der Waals surface area contributed by atoms with Gasteiger partial charge in [0, 0.05) is 16.8 Å². The molecule has 35 heavy (non-hydrogen) atoms. The molecule has 0 radical (unpaired) electrons. The summed E-state index contributed by atoms with van der Waals surface area (Å²) >= 11 is 13.4. The Morgan fingerprint density at radius 3 is 2.54 bits per heavy atom. The lowest BCUT2D eigenvalue weighted by Gasteiger charge is -2.22. The van der Waals surface area contributed by atoms with Gasteiger partial charge in [0.25, 0.3) is 5.56 Å². The van der Waals surface area contributed by atoms with Gasteiger partial charge in [-0.2, -0.15) is 0 Å². The van der Waals surface area contributed by atoms with Crippen molar-refractivity contribution < 1.29 is 13.6 Å². The van der Waals surface area contributed by atoms with Gasteiger partial charge in [0.1, 0.15) is 23.4 Å². The third-order valence-electron chi connectivity index (χ3n) is 5.67. The van der Waals surface area contributed by atoms with Crippen molar-refractivity contribution in [3.63, 3.8) is 0 Å². The zero-order valence-corrected chi connectivity index (χ0v) is 20.8. The molecule has 1 aliphatic heterocycles. The number of furan rings is 1. The quantitative estimate of drug-likeness (QED) is 0.351. The number of ketones is 1. The van der Waals surface area contributed by atoms with Crippen molar-refractivity contribution in [2.24, 2.45) is 4.99 Å². The molecule has 0 saturated carbocycles. The van der Waals surface area contributed by atoms with Crippen LogP contribution in [0.1, 0.15) is 31.2 Å². The van der Waals surface area contributed by atoms with Crippen LogP contribution in [-0.2, 0) is 4.79 Å². The Bertz CT molecular complexity index is 1700. The van der Waals surface area contributed by atoms with Gasteiger partial charge in [-0.1, -0.05) is 46.7 Å². The summed E-state index contributed by atoms with van der Waals surface area (Å²) in [7, 11) is 0. The van der Waals surface area contributed by atoms with Crippen LogP contribution in [0.25, 0.3) is 17.4 Å². The predicted octanol–water partition coefficient (Wildman–Crippen LogP) is 5.53. The number of thiazole rings is 1. The highest BCUT2D eigenvalue weighted by Crippen LogP contribution is 2.35. The van der Waals surface area contributed by atoms with E-state index in [4.69, 9.17) is 27.6 Å². The smallest absolute Gasteiger partial charge is 0.271 e. The van der Waals surface area contributed by atoms with E-state index in [0.717, 1.165) is 0 Å². The topological polar surface area (TPSA) is 64.6 Å². The largest absolute Gasteiger partial charge is 0.458 e. The minimum Gasteiger partial charge on any atom is -0.458 e. The molecule has 0 fully saturated rings. The Hall–Kier alpha value is -3.26. The molecule has 9 heteroatoms. The van der Waals surface area contributed by atoms with Gasteiger partial charge in [0.05, 0.1) is 14.6 Å². The zero-order valence-electron chi connectivity index (χ0n) is 18.5. The number of hydrogen-bond donors (Lipinski definition) is 0. The monoisotopic (exact) mass is 526 g/mol. The summed E-state index contributed by atoms with van der Waals surface area (Å²) < 4.78 is 21.3. The first-order valence-corrected chi connectivity index (χ1v) is 12.1. The first kappa shape index (κ1) is 23.5. The zero-order chi connectivity index (χ0) is 24.9. The number of halogens is 3. The van der Waals surface area contributed by atoms with E-state index < -0.39 is 6.04 Å². The molecule has 0 bridgehead atoms. The molecule has 2 aromatic carbocycles. The van der Waals surface area contributed by atoms with Gasteiger partial charge >= 0.3 is 0 Å². The van der Waals surface area contributed by atoms with Crippen LogP contribution < -0.4 is 14.9 Å². The van der Waals surface area contributed by atoms with Crippen molar-refractivity contribution in [2.75, 3.05) is 0 Å². The lowest BCUT2D eigenvalue weighted by Crippen LogP contribution is -2.39. The number of nitrogens with zero attached hydrogens (tertiary/aromatic N) is 2. The molecule has 5 nitrogen and oxygen atoms in total. The second-order valence-electron chi connectivity index (χ2n) is 8.02. The SMILES string of the molecule is CC(=O)C1=C(C)N=c2s/c(=C/c3ccc(F)cc3)c(=O)n2[C@@H]1c1ccc(-c2ccc(Cl)c(Cl)c2)o1. The number of carbonyl (C=O) groups excluding carboxylic acids is 1. The summed E-state index contributed by atoms with van der Waals surface area (Å²) in [4.78, 5) is 31.1. The molecule has 1 atom stereocenters. The van der Waals surface area contributed by atoms with Gasteiger partial charge in [0.2, 0.25) is 0 Å². The van der Waals surface area contributed by atoms with E-state index in [-0.39, 0.29) is 17.2 Å². The summed E-state index contributed by atoms with van der Waals surface area (Å²) in [6.45, 7) is 3.18. The molecule has 2 aromatic heterocycles. The second-order valence-corrected chi connectivity index (χ2v) is 9.84. The standard InChI is InChI=1S/C26H17Cl2FN2O3S/c1-13-23(14(2)32)24(21-10-9-20(34-21)16-5-8-18(27)19(28)12-16)31-25(33)22(35-26(31)30-13)11-15-3-6-17(29)7-4-15/h3-12,24H,1-2H3/b22-11+/t24-/m1/s1. The molecule has 0 aliphatic carbocycles. The minimum absolute atomic E-state index is 0.212. The van der Waals surface area contributed by atoms with Crippen LogP contribution in [-0.4, -0.2) is 10.4 Å². The number of carbonyl (C=O) groups is 1. The normalized spacial score (nSPS) is 15.8. The van der Waals surface area contributed by atoms with Gasteiger partial charge in [0.15, 0.2) is 10.6 Å². The van der Waals surface area contributed by atoms with Crippen molar-refractivity contribution in [1.29, 1.82) is 0 Å². The van der Waals surface area contributed by atoms with E-state index in [1.165, 1.54) is 35.0 Å². The minimum atomic E-state index is -0.782. The molecular weight excluding hydrogens is 510 g/mol. The molecule has 5 rings (SSSR count). The number of rotatable bonds is 4. The highest BCUT2D eigenvalue weighted by atomic mass is 35.5. The summed E-state index contributed by atoms with van der Waals surface area (Å²) in [6, 6.07) is 13.7. The van der Waals surface area contributed by atoms with Gasteiger partial charge in [-0.25, -0.2) is 9.38 Å². The number of Topliss-reactive ketones (excluding diaryl/α,β-unsaturated/α-hetero) is 1. The average molecular weight is 527 g/mol. The van der Waals surface area contributed by atoms with Crippen LogP contribution >= 0.6 is 34.5 Å². The van der Waals surface area contributed by atoms with Gasteiger partial charge in [-0.05, 0) is 68.0 Å². The lowest BCUT2D eigenvalue weighted by molar-refractivity contribution is -0.114. The maximum Gasteiger partial charge on any atom is 0.271 e. The Labute approximate surface area is 213 Å². The molecule has 0 N–H and O–H groups in total. The van der Waals surface area contributed by atoms with E-state index in [0.29, 0.717) is 53.3 Å². The molecule has 1 aliphatic rings. The summed E-state index contributed by atoms with van der Waals surface area (Å²) in [5.74, 6) is 0.363. The predicted molar refractivity (Wildman–Crippen MR) is 135 cm³/mol. The van der Waals surface area contributed by atoms with Crippen LogP contribution in [0.4, 0.5) is 4.39 Å². The van der Waals surface area contributed by atoms with E-state index in [2.05, 4.69) is 4.99 Å². The van der Waals surface area contributed by atoms with Crippen molar-refractivity contribution in [3.8, 4) is 11.3 Å².